The van der Waals surface area contributed by atoms with E-state index in [4.69, 9.17) is 24.4 Å². The monoisotopic (exact) mass is 393 g/mol. The lowest BCUT2D eigenvalue weighted by Crippen LogP contribution is -2.53. The van der Waals surface area contributed by atoms with Crippen molar-refractivity contribution in [1.29, 1.82) is 10.7 Å². The van der Waals surface area contributed by atoms with Crippen LogP contribution >= 0.6 is 0 Å². The van der Waals surface area contributed by atoms with Crippen molar-refractivity contribution in [2.24, 2.45) is 16.8 Å². The van der Waals surface area contributed by atoms with Crippen molar-refractivity contribution in [3.05, 3.63) is 23.8 Å². The number of hydrazine groups is 1. The topological polar surface area (TPSA) is 89.3 Å². The Labute approximate surface area is 166 Å². The Morgan fingerprint density at radius 2 is 2.18 bits per heavy atom. The van der Waals surface area contributed by atoms with E-state index < -0.39 is 24.5 Å². The molecule has 1 rings (SSSR count). The molecule has 0 saturated heterocycles. The highest BCUT2D eigenvalue weighted by Gasteiger charge is 2.36. The molecule has 9 heteroatoms. The molecule has 1 aliphatic rings. The fourth-order valence-corrected chi connectivity index (χ4v) is 3.12. The number of nitriles is 1. The highest BCUT2D eigenvalue weighted by atomic mass is 19.4. The van der Waals surface area contributed by atoms with Crippen LogP contribution in [0.5, 0.6) is 0 Å². The van der Waals surface area contributed by atoms with Crippen LogP contribution in [0.15, 0.2) is 28.8 Å². The predicted molar refractivity (Wildman–Crippen MR) is 106 cm³/mol. The number of rotatable bonds is 8. The first-order valence-electron chi connectivity index (χ1n) is 9.29. The Balaban J connectivity index is 2.63. The van der Waals surface area contributed by atoms with Gasteiger partial charge in [-0.2, -0.15) is 18.4 Å². The fourth-order valence-electron chi connectivity index (χ4n) is 3.12. The molecule has 28 heavy (non-hydrogen) atoms. The molecule has 3 unspecified atom stereocenters. The van der Waals surface area contributed by atoms with Gasteiger partial charge in [-0.3, -0.25) is 10.8 Å². The summed E-state index contributed by atoms with van der Waals surface area (Å²) in [5, 5.41) is 18.4. The largest absolute Gasteiger partial charge is 0.389 e. The molecular formula is C19H27BF3N5. The van der Waals surface area contributed by atoms with Crippen LogP contribution in [0.1, 0.15) is 39.5 Å². The highest BCUT2D eigenvalue weighted by molar-refractivity contribution is 6.40. The number of nitrogens with zero attached hydrogens (tertiary/aromatic N) is 3. The Hall–Kier alpha value is -1.92. The van der Waals surface area contributed by atoms with Gasteiger partial charge >= 0.3 is 6.18 Å². The second-order valence-electron chi connectivity index (χ2n) is 6.90. The first kappa shape index (κ1) is 24.1. The van der Waals surface area contributed by atoms with Crippen LogP contribution < -0.4 is 5.84 Å². The number of nitrogens with one attached hydrogen (secondary N) is 1. The van der Waals surface area contributed by atoms with E-state index in [0.29, 0.717) is 30.7 Å². The van der Waals surface area contributed by atoms with Gasteiger partial charge < -0.3 is 5.41 Å². The second kappa shape index (κ2) is 11.2. The Morgan fingerprint density at radius 3 is 2.75 bits per heavy atom. The zero-order valence-corrected chi connectivity index (χ0v) is 16.3. The standard InChI is InChI=1S/C19H27BF3N5/c1-3-14(12-24)7-4-5-9-27-18-13(2)11-15(17(25)16(18)20)28(26)10-6-8-19(21,22)23/h3-4,7,13,15-16,25H,5-6,8-11,26H2,1-2H3/b7-4-,14-3?,25-17?,27-18?. The summed E-state index contributed by atoms with van der Waals surface area (Å²) in [5.41, 5.74) is 1.47. The molecule has 0 aromatic heterocycles. The maximum absolute atomic E-state index is 12.3. The van der Waals surface area contributed by atoms with Gasteiger partial charge in [-0.05, 0) is 44.0 Å². The maximum atomic E-state index is 12.3. The Morgan fingerprint density at radius 1 is 1.50 bits per heavy atom. The van der Waals surface area contributed by atoms with Crippen LogP contribution in [-0.2, 0) is 0 Å². The van der Waals surface area contributed by atoms with E-state index in [0.717, 1.165) is 0 Å². The molecule has 0 aromatic rings. The molecule has 1 fully saturated rings. The average Bonchev–Trinajstić information content (AvgIpc) is 2.62. The van der Waals surface area contributed by atoms with Crippen LogP contribution in [0, 0.1) is 22.7 Å². The number of nitrogens with two attached hydrogens (primary N) is 1. The Bertz CT molecular complexity index is 663. The van der Waals surface area contributed by atoms with Crippen molar-refractivity contribution in [1.82, 2.24) is 5.01 Å². The fraction of sp³-hybridized carbons (Fsp3) is 0.632. The average molecular weight is 393 g/mol. The molecule has 1 saturated carbocycles. The van der Waals surface area contributed by atoms with E-state index >= 15 is 0 Å². The van der Waals surface area contributed by atoms with Gasteiger partial charge in [0.05, 0.1) is 20.0 Å². The minimum atomic E-state index is -4.21. The second-order valence-corrected chi connectivity index (χ2v) is 6.90. The number of hydrogen-bond donors (Lipinski definition) is 2. The van der Waals surface area contributed by atoms with E-state index in [-0.39, 0.29) is 24.6 Å². The summed E-state index contributed by atoms with van der Waals surface area (Å²) in [6, 6.07) is 1.58. The van der Waals surface area contributed by atoms with E-state index in [9.17, 15) is 13.2 Å². The van der Waals surface area contributed by atoms with Crippen LogP contribution in [-0.4, -0.2) is 49.6 Å². The van der Waals surface area contributed by atoms with E-state index in [1.165, 1.54) is 5.01 Å². The molecule has 2 radical (unpaired) electrons. The first-order chi connectivity index (χ1) is 13.1. The van der Waals surface area contributed by atoms with Gasteiger partial charge in [0.25, 0.3) is 0 Å². The third-order valence-electron chi connectivity index (χ3n) is 4.70. The molecule has 5 nitrogen and oxygen atoms in total. The quantitative estimate of drug-likeness (QED) is 0.164. The van der Waals surface area contributed by atoms with Gasteiger partial charge in [0.2, 0.25) is 0 Å². The van der Waals surface area contributed by atoms with Crippen molar-refractivity contribution >= 4 is 19.3 Å². The van der Waals surface area contributed by atoms with Gasteiger partial charge in [-0.25, -0.2) is 5.01 Å². The van der Waals surface area contributed by atoms with Crippen molar-refractivity contribution in [3.63, 3.8) is 0 Å². The molecule has 3 N–H and O–H groups in total. The predicted octanol–water partition coefficient (Wildman–Crippen LogP) is 3.75. The number of hydrogen-bond acceptors (Lipinski definition) is 5. The van der Waals surface area contributed by atoms with Gasteiger partial charge in [0, 0.05) is 36.5 Å². The van der Waals surface area contributed by atoms with Crippen LogP contribution in [0.3, 0.4) is 0 Å². The van der Waals surface area contributed by atoms with E-state index in [1.54, 1.807) is 19.1 Å². The number of allylic oxidation sites excluding steroid dienone is 3. The van der Waals surface area contributed by atoms with Crippen LogP contribution in [0.2, 0.25) is 5.82 Å². The lowest BCUT2D eigenvalue weighted by molar-refractivity contribution is -0.136. The van der Waals surface area contributed by atoms with Gasteiger partial charge in [-0.1, -0.05) is 19.1 Å². The number of halogens is 3. The molecule has 152 valence electrons. The number of alkyl halides is 3. The maximum Gasteiger partial charge on any atom is 0.389 e. The van der Waals surface area contributed by atoms with E-state index in [2.05, 4.69) is 11.1 Å². The molecule has 0 aromatic carbocycles. The summed E-state index contributed by atoms with van der Waals surface area (Å²) in [7, 11) is 6.16. The van der Waals surface area contributed by atoms with Crippen molar-refractivity contribution in [2.75, 3.05) is 13.1 Å². The lowest BCUT2D eigenvalue weighted by atomic mass is 9.66. The molecule has 0 aliphatic heterocycles. The van der Waals surface area contributed by atoms with Crippen LogP contribution in [0.25, 0.3) is 0 Å². The molecule has 0 bridgehead atoms. The summed E-state index contributed by atoms with van der Waals surface area (Å²) in [6.07, 6.45) is 1.23. The molecule has 1 aliphatic carbocycles. The van der Waals surface area contributed by atoms with Crippen LogP contribution in [0.4, 0.5) is 13.2 Å². The smallest absolute Gasteiger partial charge is 0.308 e. The summed E-state index contributed by atoms with van der Waals surface area (Å²) in [5.74, 6) is 5.22. The summed E-state index contributed by atoms with van der Waals surface area (Å²) >= 11 is 0. The zero-order valence-electron chi connectivity index (χ0n) is 16.3. The zero-order chi connectivity index (χ0) is 21.3. The van der Waals surface area contributed by atoms with Gasteiger partial charge in [0.1, 0.15) is 0 Å². The third-order valence-corrected chi connectivity index (χ3v) is 4.70. The Kier molecular flexibility index (Phi) is 9.63. The molecule has 0 spiro atoms. The summed E-state index contributed by atoms with van der Waals surface area (Å²) in [6.45, 7) is 4.26. The van der Waals surface area contributed by atoms with Crippen molar-refractivity contribution in [2.45, 2.75) is 57.6 Å². The summed E-state index contributed by atoms with van der Waals surface area (Å²) < 4.78 is 36.9. The minimum absolute atomic E-state index is 0.0167. The van der Waals surface area contributed by atoms with E-state index in [1.807, 2.05) is 13.0 Å². The molecule has 0 amide bonds. The first-order valence-corrected chi connectivity index (χ1v) is 9.29. The minimum Gasteiger partial charge on any atom is -0.308 e. The third kappa shape index (κ3) is 7.60. The van der Waals surface area contributed by atoms with Gasteiger partial charge in [0.15, 0.2) is 0 Å². The lowest BCUT2D eigenvalue weighted by Gasteiger charge is -2.39. The normalized spacial score (nSPS) is 25.6. The highest BCUT2D eigenvalue weighted by Crippen LogP contribution is 2.29. The van der Waals surface area contributed by atoms with Gasteiger partial charge in [-0.15, -0.1) is 0 Å². The molecule has 0 heterocycles. The SMILES string of the molecule is [B]C1C(=N)C(N(N)CCCC(F)(F)F)CC(C)C1=NCC/C=C\C(C#N)=CC. The summed E-state index contributed by atoms with van der Waals surface area (Å²) in [4.78, 5) is 4.52. The van der Waals surface area contributed by atoms with Crippen molar-refractivity contribution < 1.29 is 13.2 Å². The molecular weight excluding hydrogens is 366 g/mol. The molecule has 3 atom stereocenters. The van der Waals surface area contributed by atoms with Crippen molar-refractivity contribution in [3.8, 4) is 6.07 Å². The number of aliphatic imine (C=N–C) groups is 1.